The van der Waals surface area contributed by atoms with Gasteiger partial charge in [-0.2, -0.15) is 13.2 Å². The Morgan fingerprint density at radius 2 is 2.00 bits per heavy atom. The number of ether oxygens (including phenoxy) is 1. The third kappa shape index (κ3) is 5.41. The van der Waals surface area contributed by atoms with Gasteiger partial charge >= 0.3 is 6.18 Å². The Hall–Kier alpha value is -1.23. The van der Waals surface area contributed by atoms with E-state index in [2.05, 4.69) is 5.32 Å². The van der Waals surface area contributed by atoms with Crippen molar-refractivity contribution >= 4 is 0 Å². The van der Waals surface area contributed by atoms with Crippen LogP contribution in [0, 0.1) is 6.92 Å². The number of aryl methyl sites for hydroxylation is 1. The van der Waals surface area contributed by atoms with Gasteiger partial charge in [0, 0.05) is 18.0 Å². The molecule has 0 heterocycles. The molecular weight excluding hydrogens is 267 g/mol. The highest BCUT2D eigenvalue weighted by Gasteiger charge is 2.27. The highest BCUT2D eigenvalue weighted by Crippen LogP contribution is 2.31. The summed E-state index contributed by atoms with van der Waals surface area (Å²) in [6.45, 7) is 4.61. The summed E-state index contributed by atoms with van der Waals surface area (Å²) in [5.74, 6) is 0.716. The molecule has 1 aromatic carbocycles. The molecule has 0 aromatic heterocycles. The van der Waals surface area contributed by atoms with E-state index in [1.54, 1.807) is 7.11 Å². The van der Waals surface area contributed by atoms with Crippen molar-refractivity contribution in [2.24, 2.45) is 0 Å². The fourth-order valence-electron chi connectivity index (χ4n) is 2.25. The summed E-state index contributed by atoms with van der Waals surface area (Å²) >= 11 is 0. The maximum Gasteiger partial charge on any atom is 0.389 e. The molecular formula is C15H22F3NO. The molecule has 1 aromatic rings. The molecule has 0 saturated heterocycles. The molecule has 0 radical (unpaired) electrons. The van der Waals surface area contributed by atoms with E-state index in [0.717, 1.165) is 11.1 Å². The SMILES string of the molecule is CCNC(CCCC(F)(F)F)c1cc(C)ccc1OC. The Morgan fingerprint density at radius 3 is 2.55 bits per heavy atom. The third-order valence-corrected chi connectivity index (χ3v) is 3.16. The first-order chi connectivity index (χ1) is 9.37. The van der Waals surface area contributed by atoms with E-state index < -0.39 is 12.6 Å². The van der Waals surface area contributed by atoms with Crippen LogP contribution in [0.3, 0.4) is 0 Å². The van der Waals surface area contributed by atoms with Gasteiger partial charge in [-0.05, 0) is 32.4 Å². The van der Waals surface area contributed by atoms with E-state index in [1.807, 2.05) is 32.0 Å². The summed E-state index contributed by atoms with van der Waals surface area (Å²) in [4.78, 5) is 0. The Balaban J connectivity index is 2.82. The summed E-state index contributed by atoms with van der Waals surface area (Å²) in [5.41, 5.74) is 2.00. The topological polar surface area (TPSA) is 21.3 Å². The van der Waals surface area contributed by atoms with E-state index in [4.69, 9.17) is 4.74 Å². The molecule has 0 amide bonds. The molecule has 1 atom stereocenters. The minimum atomic E-state index is -4.09. The Bertz CT molecular complexity index is 418. The molecule has 0 aliphatic heterocycles. The van der Waals surface area contributed by atoms with Crippen LogP contribution in [0.4, 0.5) is 13.2 Å². The zero-order chi connectivity index (χ0) is 15.2. The normalized spacial score (nSPS) is 13.3. The van der Waals surface area contributed by atoms with E-state index in [0.29, 0.717) is 18.7 Å². The lowest BCUT2D eigenvalue weighted by atomic mass is 9.98. The highest BCUT2D eigenvalue weighted by atomic mass is 19.4. The number of alkyl halides is 3. The molecule has 0 spiro atoms. The van der Waals surface area contributed by atoms with Gasteiger partial charge in [0.15, 0.2) is 0 Å². The highest BCUT2D eigenvalue weighted by molar-refractivity contribution is 5.39. The standard InChI is InChI=1S/C15H22F3NO/c1-4-19-13(6-5-9-15(16,17)18)12-10-11(2)7-8-14(12)20-3/h7-8,10,13,19H,4-6,9H2,1-3H3. The third-order valence-electron chi connectivity index (χ3n) is 3.16. The van der Waals surface area contributed by atoms with E-state index in [-0.39, 0.29) is 12.5 Å². The van der Waals surface area contributed by atoms with Gasteiger partial charge < -0.3 is 10.1 Å². The van der Waals surface area contributed by atoms with E-state index >= 15 is 0 Å². The predicted octanol–water partition coefficient (Wildman–Crippen LogP) is 4.39. The predicted molar refractivity (Wildman–Crippen MR) is 74.1 cm³/mol. The lowest BCUT2D eigenvalue weighted by Gasteiger charge is -2.21. The van der Waals surface area contributed by atoms with Crippen molar-refractivity contribution in [3.8, 4) is 5.75 Å². The van der Waals surface area contributed by atoms with Crippen LogP contribution in [0.2, 0.25) is 0 Å². The van der Waals surface area contributed by atoms with Gasteiger partial charge in [-0.15, -0.1) is 0 Å². The average Bonchev–Trinajstić information content (AvgIpc) is 2.36. The first kappa shape index (κ1) is 16.8. The first-order valence-electron chi connectivity index (χ1n) is 6.82. The molecule has 0 saturated carbocycles. The summed E-state index contributed by atoms with van der Waals surface area (Å²) < 4.78 is 42.1. The van der Waals surface area contributed by atoms with Crippen LogP contribution >= 0.6 is 0 Å². The zero-order valence-corrected chi connectivity index (χ0v) is 12.2. The Kier molecular flexibility index (Phi) is 6.33. The minimum Gasteiger partial charge on any atom is -0.496 e. The average molecular weight is 289 g/mol. The summed E-state index contributed by atoms with van der Waals surface area (Å²) in [6.07, 6.45) is -4.29. The fourth-order valence-corrected chi connectivity index (χ4v) is 2.25. The fraction of sp³-hybridized carbons (Fsp3) is 0.600. The van der Waals surface area contributed by atoms with Crippen LogP contribution in [-0.4, -0.2) is 19.8 Å². The number of hydrogen-bond acceptors (Lipinski definition) is 2. The smallest absolute Gasteiger partial charge is 0.389 e. The molecule has 20 heavy (non-hydrogen) atoms. The van der Waals surface area contributed by atoms with Crippen molar-refractivity contribution in [1.82, 2.24) is 5.32 Å². The van der Waals surface area contributed by atoms with Gasteiger partial charge in [-0.3, -0.25) is 0 Å². The van der Waals surface area contributed by atoms with Crippen molar-refractivity contribution in [3.63, 3.8) is 0 Å². The van der Waals surface area contributed by atoms with E-state index in [9.17, 15) is 13.2 Å². The molecule has 0 aliphatic carbocycles. The van der Waals surface area contributed by atoms with Crippen molar-refractivity contribution in [2.45, 2.75) is 45.3 Å². The van der Waals surface area contributed by atoms with Gasteiger partial charge in [-0.1, -0.05) is 24.6 Å². The lowest BCUT2D eigenvalue weighted by molar-refractivity contribution is -0.135. The van der Waals surface area contributed by atoms with E-state index in [1.165, 1.54) is 0 Å². The molecule has 1 rings (SSSR count). The van der Waals surface area contributed by atoms with Crippen LogP contribution in [0.25, 0.3) is 0 Å². The number of benzene rings is 1. The largest absolute Gasteiger partial charge is 0.496 e. The van der Waals surface area contributed by atoms with Gasteiger partial charge in [-0.25, -0.2) is 0 Å². The molecule has 114 valence electrons. The molecule has 0 fully saturated rings. The van der Waals surface area contributed by atoms with Crippen LogP contribution in [-0.2, 0) is 0 Å². The van der Waals surface area contributed by atoms with Crippen LogP contribution in [0.15, 0.2) is 18.2 Å². The first-order valence-corrected chi connectivity index (χ1v) is 6.82. The van der Waals surface area contributed by atoms with Gasteiger partial charge in [0.05, 0.1) is 7.11 Å². The Labute approximate surface area is 118 Å². The second-order valence-electron chi connectivity index (χ2n) is 4.86. The number of methoxy groups -OCH3 is 1. The quantitative estimate of drug-likeness (QED) is 0.804. The molecule has 1 N–H and O–H groups in total. The van der Waals surface area contributed by atoms with Gasteiger partial charge in [0.25, 0.3) is 0 Å². The number of hydrogen-bond donors (Lipinski definition) is 1. The molecule has 1 unspecified atom stereocenters. The zero-order valence-electron chi connectivity index (χ0n) is 12.2. The lowest BCUT2D eigenvalue weighted by Crippen LogP contribution is -2.22. The summed E-state index contributed by atoms with van der Waals surface area (Å²) in [7, 11) is 1.58. The van der Waals surface area contributed by atoms with Crippen molar-refractivity contribution in [2.75, 3.05) is 13.7 Å². The molecule has 5 heteroatoms. The summed E-state index contributed by atoms with van der Waals surface area (Å²) in [6, 6.07) is 5.65. The second kappa shape index (κ2) is 7.53. The number of halogens is 3. The maximum absolute atomic E-state index is 12.3. The second-order valence-corrected chi connectivity index (χ2v) is 4.86. The van der Waals surface area contributed by atoms with Crippen molar-refractivity contribution < 1.29 is 17.9 Å². The number of nitrogens with one attached hydrogen (secondary N) is 1. The Morgan fingerprint density at radius 1 is 1.30 bits per heavy atom. The molecule has 2 nitrogen and oxygen atoms in total. The molecule has 0 bridgehead atoms. The molecule has 0 aliphatic rings. The van der Waals surface area contributed by atoms with Gasteiger partial charge in [0.1, 0.15) is 5.75 Å². The van der Waals surface area contributed by atoms with Crippen LogP contribution in [0.5, 0.6) is 5.75 Å². The maximum atomic E-state index is 12.3. The van der Waals surface area contributed by atoms with Crippen LogP contribution < -0.4 is 10.1 Å². The van der Waals surface area contributed by atoms with Gasteiger partial charge in [0.2, 0.25) is 0 Å². The number of rotatable bonds is 7. The minimum absolute atomic E-state index is 0.109. The van der Waals surface area contributed by atoms with Crippen molar-refractivity contribution in [1.29, 1.82) is 0 Å². The van der Waals surface area contributed by atoms with Crippen LogP contribution in [0.1, 0.15) is 43.4 Å². The monoisotopic (exact) mass is 289 g/mol. The summed E-state index contributed by atoms with van der Waals surface area (Å²) in [5, 5.41) is 3.24. The van der Waals surface area contributed by atoms with Crippen molar-refractivity contribution in [3.05, 3.63) is 29.3 Å².